The Hall–Kier alpha value is -1.10. The van der Waals surface area contributed by atoms with E-state index in [0.29, 0.717) is 18.8 Å². The highest BCUT2D eigenvalue weighted by Gasteiger charge is 2.27. The molecule has 0 spiro atoms. The summed E-state index contributed by atoms with van der Waals surface area (Å²) in [5.41, 5.74) is 7.40. The van der Waals surface area contributed by atoms with E-state index in [1.807, 2.05) is 29.2 Å². The largest absolute Gasteiger partial charge is 0.375 e. The number of hydrogen-bond donors (Lipinski definition) is 1. The number of nitrogens with two attached hydrogens (primary N) is 1. The third kappa shape index (κ3) is 4.69. The van der Waals surface area contributed by atoms with Gasteiger partial charge in [-0.15, -0.1) is 12.4 Å². The Kier molecular flexibility index (Phi) is 6.88. The highest BCUT2D eigenvalue weighted by molar-refractivity contribution is 5.94. The second kappa shape index (κ2) is 8.67. The number of ether oxygens (including phenoxy) is 1. The van der Waals surface area contributed by atoms with E-state index in [-0.39, 0.29) is 18.3 Å². The standard InChI is InChI=1S/C18H26N2O2.ClH/c19-13-14-5-7-15(8-6-14)18(21)20-11-9-17(10-12-20)22-16-3-1-2-4-16;/h5-8,16-17H,1-4,9-13,19H2;1H. The molecular weight excluding hydrogens is 312 g/mol. The van der Waals surface area contributed by atoms with Gasteiger partial charge in [0.25, 0.3) is 5.91 Å². The molecule has 5 heteroatoms. The van der Waals surface area contributed by atoms with Gasteiger partial charge in [-0.25, -0.2) is 0 Å². The third-order valence-corrected chi connectivity index (χ3v) is 4.85. The lowest BCUT2D eigenvalue weighted by atomic mass is 10.0. The maximum Gasteiger partial charge on any atom is 0.253 e. The summed E-state index contributed by atoms with van der Waals surface area (Å²) < 4.78 is 6.16. The van der Waals surface area contributed by atoms with Gasteiger partial charge in [0.05, 0.1) is 12.2 Å². The van der Waals surface area contributed by atoms with E-state index < -0.39 is 0 Å². The average Bonchev–Trinajstić information content (AvgIpc) is 3.08. The van der Waals surface area contributed by atoms with Crippen LogP contribution in [-0.4, -0.2) is 36.1 Å². The first-order chi connectivity index (χ1) is 10.8. The van der Waals surface area contributed by atoms with Gasteiger partial charge in [-0.05, 0) is 43.4 Å². The minimum absolute atomic E-state index is 0. The molecule has 1 aromatic carbocycles. The fourth-order valence-corrected chi connectivity index (χ4v) is 3.46. The maximum absolute atomic E-state index is 12.5. The van der Waals surface area contributed by atoms with E-state index >= 15 is 0 Å². The van der Waals surface area contributed by atoms with E-state index in [0.717, 1.165) is 37.1 Å². The zero-order valence-electron chi connectivity index (χ0n) is 13.6. The second-order valence-electron chi connectivity index (χ2n) is 6.44. The molecule has 1 saturated carbocycles. The number of amides is 1. The summed E-state index contributed by atoms with van der Waals surface area (Å²) >= 11 is 0. The summed E-state index contributed by atoms with van der Waals surface area (Å²) in [6.45, 7) is 2.11. The molecule has 2 fully saturated rings. The zero-order valence-corrected chi connectivity index (χ0v) is 14.4. The molecule has 3 rings (SSSR count). The smallest absolute Gasteiger partial charge is 0.253 e. The summed E-state index contributed by atoms with van der Waals surface area (Å²) in [5.74, 6) is 0.128. The molecule has 1 heterocycles. The predicted octanol–water partition coefficient (Wildman–Crippen LogP) is 3.13. The van der Waals surface area contributed by atoms with Crippen LogP contribution >= 0.6 is 12.4 Å². The molecule has 0 unspecified atom stereocenters. The van der Waals surface area contributed by atoms with Crippen molar-refractivity contribution in [1.29, 1.82) is 0 Å². The molecule has 128 valence electrons. The Labute approximate surface area is 144 Å². The van der Waals surface area contributed by atoms with Crippen LogP contribution < -0.4 is 5.73 Å². The average molecular weight is 339 g/mol. The molecule has 1 saturated heterocycles. The summed E-state index contributed by atoms with van der Waals surface area (Å²) in [6, 6.07) is 7.63. The Balaban J connectivity index is 0.00000192. The number of carbonyl (C=O) groups excluding carboxylic acids is 1. The molecule has 0 radical (unpaired) electrons. The normalized spacial score (nSPS) is 19.6. The first kappa shape index (κ1) is 18.2. The highest BCUT2D eigenvalue weighted by Crippen LogP contribution is 2.25. The summed E-state index contributed by atoms with van der Waals surface area (Å²) in [5, 5.41) is 0. The monoisotopic (exact) mass is 338 g/mol. The van der Waals surface area contributed by atoms with Crippen LogP contribution in [0.15, 0.2) is 24.3 Å². The van der Waals surface area contributed by atoms with Crippen LogP contribution in [-0.2, 0) is 11.3 Å². The lowest BCUT2D eigenvalue weighted by molar-refractivity contribution is -0.0357. The molecule has 1 aromatic rings. The molecule has 4 nitrogen and oxygen atoms in total. The Morgan fingerprint density at radius 3 is 2.17 bits per heavy atom. The topological polar surface area (TPSA) is 55.6 Å². The molecule has 2 aliphatic rings. The van der Waals surface area contributed by atoms with E-state index in [4.69, 9.17) is 10.5 Å². The van der Waals surface area contributed by atoms with Gasteiger partial charge in [0, 0.05) is 25.2 Å². The Bertz CT molecular complexity index is 492. The van der Waals surface area contributed by atoms with E-state index in [1.165, 1.54) is 25.7 Å². The molecule has 23 heavy (non-hydrogen) atoms. The fraction of sp³-hybridized carbons (Fsp3) is 0.611. The van der Waals surface area contributed by atoms with E-state index in [2.05, 4.69) is 0 Å². The zero-order chi connectivity index (χ0) is 15.4. The minimum atomic E-state index is 0. The third-order valence-electron chi connectivity index (χ3n) is 4.85. The lowest BCUT2D eigenvalue weighted by Gasteiger charge is -2.33. The minimum Gasteiger partial charge on any atom is -0.375 e. The lowest BCUT2D eigenvalue weighted by Crippen LogP contribution is -2.41. The van der Waals surface area contributed by atoms with Gasteiger partial charge in [0.2, 0.25) is 0 Å². The van der Waals surface area contributed by atoms with Crippen molar-refractivity contribution in [2.75, 3.05) is 13.1 Å². The number of nitrogens with zero attached hydrogens (tertiary/aromatic N) is 1. The number of benzene rings is 1. The second-order valence-corrected chi connectivity index (χ2v) is 6.44. The van der Waals surface area contributed by atoms with Crippen molar-refractivity contribution in [3.8, 4) is 0 Å². The van der Waals surface area contributed by atoms with Gasteiger partial charge in [-0.2, -0.15) is 0 Å². The quantitative estimate of drug-likeness (QED) is 0.917. The van der Waals surface area contributed by atoms with E-state index in [9.17, 15) is 4.79 Å². The van der Waals surface area contributed by atoms with Crippen molar-refractivity contribution in [2.24, 2.45) is 5.73 Å². The van der Waals surface area contributed by atoms with Gasteiger partial charge in [0.1, 0.15) is 0 Å². The van der Waals surface area contributed by atoms with Crippen molar-refractivity contribution < 1.29 is 9.53 Å². The Morgan fingerprint density at radius 1 is 1.04 bits per heavy atom. The summed E-state index contributed by atoms with van der Waals surface area (Å²) in [6.07, 6.45) is 7.77. The van der Waals surface area contributed by atoms with Crippen molar-refractivity contribution in [3.05, 3.63) is 35.4 Å². The van der Waals surface area contributed by atoms with Gasteiger partial charge < -0.3 is 15.4 Å². The van der Waals surface area contributed by atoms with Crippen molar-refractivity contribution >= 4 is 18.3 Å². The number of hydrogen-bond acceptors (Lipinski definition) is 3. The molecule has 1 amide bonds. The first-order valence-electron chi connectivity index (χ1n) is 8.50. The van der Waals surface area contributed by atoms with Gasteiger partial charge >= 0.3 is 0 Å². The number of rotatable bonds is 4. The molecule has 1 aliphatic heterocycles. The van der Waals surface area contributed by atoms with Crippen LogP contribution in [0.1, 0.15) is 54.4 Å². The van der Waals surface area contributed by atoms with Crippen LogP contribution in [0, 0.1) is 0 Å². The SMILES string of the molecule is Cl.NCc1ccc(C(=O)N2CCC(OC3CCCC3)CC2)cc1. The van der Waals surface area contributed by atoms with Crippen LogP contribution in [0.2, 0.25) is 0 Å². The van der Waals surface area contributed by atoms with Crippen LogP contribution in [0.25, 0.3) is 0 Å². The summed E-state index contributed by atoms with van der Waals surface area (Å²) in [4.78, 5) is 14.5. The van der Waals surface area contributed by atoms with Crippen molar-refractivity contribution in [1.82, 2.24) is 4.90 Å². The maximum atomic E-state index is 12.5. The van der Waals surface area contributed by atoms with Gasteiger partial charge in [0.15, 0.2) is 0 Å². The fourth-order valence-electron chi connectivity index (χ4n) is 3.46. The summed E-state index contributed by atoms with van der Waals surface area (Å²) in [7, 11) is 0. The number of piperidine rings is 1. The molecule has 0 atom stereocenters. The van der Waals surface area contributed by atoms with Crippen molar-refractivity contribution in [2.45, 2.75) is 57.3 Å². The predicted molar refractivity (Wildman–Crippen MR) is 93.8 cm³/mol. The molecule has 0 aromatic heterocycles. The molecule has 0 bridgehead atoms. The molecule has 2 N–H and O–H groups in total. The van der Waals surface area contributed by atoms with Gasteiger partial charge in [-0.3, -0.25) is 4.79 Å². The van der Waals surface area contributed by atoms with Crippen LogP contribution in [0.4, 0.5) is 0 Å². The number of likely N-dealkylation sites (tertiary alicyclic amines) is 1. The number of halogens is 1. The Morgan fingerprint density at radius 2 is 1.61 bits per heavy atom. The van der Waals surface area contributed by atoms with Crippen LogP contribution in [0.5, 0.6) is 0 Å². The highest BCUT2D eigenvalue weighted by atomic mass is 35.5. The van der Waals surface area contributed by atoms with E-state index in [1.54, 1.807) is 0 Å². The molecule has 1 aliphatic carbocycles. The molecular formula is C18H27ClN2O2. The van der Waals surface area contributed by atoms with Gasteiger partial charge in [-0.1, -0.05) is 25.0 Å². The van der Waals surface area contributed by atoms with Crippen molar-refractivity contribution in [3.63, 3.8) is 0 Å². The first-order valence-corrected chi connectivity index (χ1v) is 8.50. The number of carbonyl (C=O) groups is 1. The van der Waals surface area contributed by atoms with Crippen LogP contribution in [0.3, 0.4) is 0 Å².